The predicted molar refractivity (Wildman–Crippen MR) is 121 cm³/mol. The van der Waals surface area contributed by atoms with Crippen molar-refractivity contribution in [1.82, 2.24) is 19.7 Å². The first kappa shape index (κ1) is 19.6. The van der Waals surface area contributed by atoms with E-state index in [9.17, 15) is 9.90 Å². The van der Waals surface area contributed by atoms with Crippen molar-refractivity contribution in [2.75, 3.05) is 13.1 Å². The lowest BCUT2D eigenvalue weighted by Crippen LogP contribution is -2.32. The number of amides is 1. The van der Waals surface area contributed by atoms with E-state index in [0.717, 1.165) is 65.8 Å². The van der Waals surface area contributed by atoms with Crippen molar-refractivity contribution in [3.63, 3.8) is 0 Å². The van der Waals surface area contributed by atoms with Gasteiger partial charge in [0, 0.05) is 47.9 Å². The maximum Gasteiger partial charge on any atom is 0.407 e. The lowest BCUT2D eigenvalue weighted by atomic mass is 9.82. The lowest BCUT2D eigenvalue weighted by Gasteiger charge is -2.23. The molecule has 1 saturated heterocycles. The second kappa shape index (κ2) is 7.50. The average molecular weight is 433 g/mol. The summed E-state index contributed by atoms with van der Waals surface area (Å²) in [5.41, 5.74) is 3.89. The maximum absolute atomic E-state index is 11.4. The number of carbonyl (C=O) groups is 1. The van der Waals surface area contributed by atoms with Gasteiger partial charge in [0.25, 0.3) is 0 Å². The molecule has 0 radical (unpaired) electrons. The molecule has 3 aromatic rings. The first-order valence-electron chi connectivity index (χ1n) is 11.7. The fourth-order valence-corrected chi connectivity index (χ4v) is 5.75. The van der Waals surface area contributed by atoms with Crippen molar-refractivity contribution in [2.24, 2.45) is 0 Å². The third-order valence-electron chi connectivity index (χ3n) is 7.55. The molecule has 1 N–H and O–H groups in total. The molecule has 1 atom stereocenters. The number of ether oxygens (including phenoxy) is 1. The first-order valence-corrected chi connectivity index (χ1v) is 11.7. The van der Waals surface area contributed by atoms with Gasteiger partial charge in [0.1, 0.15) is 5.75 Å². The summed E-state index contributed by atoms with van der Waals surface area (Å²) in [5, 5.41) is 15.3. The molecule has 2 fully saturated rings. The fraction of sp³-hybridized carbons (Fsp3) is 0.480. The zero-order chi connectivity index (χ0) is 21.7. The number of fused-ring (bicyclic) bond motifs is 3. The van der Waals surface area contributed by atoms with E-state index in [2.05, 4.69) is 27.9 Å². The summed E-state index contributed by atoms with van der Waals surface area (Å²) in [4.78, 5) is 17.6. The normalized spacial score (nSPS) is 23.2. The number of rotatable bonds is 3. The Hall–Kier alpha value is -3.09. The van der Waals surface area contributed by atoms with E-state index in [1.165, 1.54) is 24.2 Å². The molecule has 1 unspecified atom stereocenters. The summed E-state index contributed by atoms with van der Waals surface area (Å²) in [6.45, 7) is 1.99. The van der Waals surface area contributed by atoms with Gasteiger partial charge in [-0.3, -0.25) is 9.67 Å². The van der Waals surface area contributed by atoms with Crippen LogP contribution in [0, 0.1) is 0 Å². The summed E-state index contributed by atoms with van der Waals surface area (Å²) in [5.74, 6) is 0.911. The third kappa shape index (κ3) is 3.31. The van der Waals surface area contributed by atoms with Crippen molar-refractivity contribution < 1.29 is 14.6 Å². The van der Waals surface area contributed by atoms with Gasteiger partial charge in [-0.1, -0.05) is 6.42 Å². The number of aryl methyl sites for hydroxylation is 1. The quantitative estimate of drug-likeness (QED) is 0.641. The van der Waals surface area contributed by atoms with Crippen LogP contribution >= 0.6 is 0 Å². The van der Waals surface area contributed by atoms with Gasteiger partial charge in [0.05, 0.1) is 17.3 Å². The van der Waals surface area contributed by atoms with E-state index in [1.54, 1.807) is 0 Å². The SMILES string of the molecule is O=C(O)N1CCC2(CCn3nc(-c4cnc5ccc(OC6CCCCC6)cc5c4)cc32)C1. The number of benzene rings is 1. The topological polar surface area (TPSA) is 80.5 Å². The molecule has 2 aromatic heterocycles. The molecule has 2 aliphatic heterocycles. The van der Waals surface area contributed by atoms with E-state index in [4.69, 9.17) is 9.84 Å². The van der Waals surface area contributed by atoms with Crippen LogP contribution in [-0.4, -0.2) is 50.1 Å². The highest BCUT2D eigenvalue weighted by Crippen LogP contribution is 2.43. The first-order chi connectivity index (χ1) is 15.6. The van der Waals surface area contributed by atoms with Gasteiger partial charge >= 0.3 is 6.09 Å². The molecule has 1 saturated carbocycles. The Morgan fingerprint density at radius 2 is 1.94 bits per heavy atom. The summed E-state index contributed by atoms with van der Waals surface area (Å²) in [6.07, 6.45) is 9.28. The van der Waals surface area contributed by atoms with E-state index in [-0.39, 0.29) is 5.41 Å². The average Bonchev–Trinajstić information content (AvgIpc) is 3.51. The van der Waals surface area contributed by atoms with Crippen LogP contribution in [0.5, 0.6) is 5.75 Å². The van der Waals surface area contributed by atoms with Crippen LogP contribution in [0.25, 0.3) is 22.2 Å². The summed E-state index contributed by atoms with van der Waals surface area (Å²) >= 11 is 0. The predicted octanol–water partition coefficient (Wildman–Crippen LogP) is 4.84. The van der Waals surface area contributed by atoms with Crippen LogP contribution in [0.3, 0.4) is 0 Å². The molecule has 0 bridgehead atoms. The van der Waals surface area contributed by atoms with Gasteiger partial charge in [-0.15, -0.1) is 0 Å². The highest BCUT2D eigenvalue weighted by atomic mass is 16.5. The molecule has 1 amide bonds. The number of hydrogen-bond acceptors (Lipinski definition) is 4. The smallest absolute Gasteiger partial charge is 0.407 e. The van der Waals surface area contributed by atoms with E-state index >= 15 is 0 Å². The Balaban J connectivity index is 1.28. The van der Waals surface area contributed by atoms with Crippen molar-refractivity contribution in [1.29, 1.82) is 0 Å². The van der Waals surface area contributed by atoms with Gasteiger partial charge in [-0.25, -0.2) is 4.79 Å². The molecule has 32 heavy (non-hydrogen) atoms. The Morgan fingerprint density at radius 3 is 2.75 bits per heavy atom. The van der Waals surface area contributed by atoms with Gasteiger partial charge in [-0.2, -0.15) is 5.10 Å². The Kier molecular flexibility index (Phi) is 4.59. The largest absolute Gasteiger partial charge is 0.490 e. The van der Waals surface area contributed by atoms with Crippen molar-refractivity contribution >= 4 is 17.0 Å². The molecule has 4 heterocycles. The Labute approximate surface area is 187 Å². The highest BCUT2D eigenvalue weighted by Gasteiger charge is 2.47. The van der Waals surface area contributed by atoms with Crippen LogP contribution in [0.4, 0.5) is 4.79 Å². The van der Waals surface area contributed by atoms with Crippen LogP contribution in [0.2, 0.25) is 0 Å². The zero-order valence-electron chi connectivity index (χ0n) is 18.2. The van der Waals surface area contributed by atoms with Crippen LogP contribution < -0.4 is 4.74 Å². The number of aromatic nitrogens is 3. The van der Waals surface area contributed by atoms with Crippen molar-refractivity contribution in [2.45, 2.75) is 63.0 Å². The van der Waals surface area contributed by atoms with E-state index in [1.807, 2.05) is 18.3 Å². The van der Waals surface area contributed by atoms with Crippen LogP contribution in [0.1, 0.15) is 50.6 Å². The van der Waals surface area contributed by atoms with Gasteiger partial charge in [0.15, 0.2) is 0 Å². The standard InChI is InChI=1S/C25H28N4O3/c30-24(31)28-10-8-25(16-28)9-11-29-23(25)14-22(27-29)18-12-17-13-20(6-7-21(17)26-15-18)32-19-4-2-1-3-5-19/h6-7,12-15,19H,1-5,8-11,16H2,(H,30,31). The minimum absolute atomic E-state index is 0.102. The molecular weight excluding hydrogens is 404 g/mol. The number of nitrogens with zero attached hydrogens (tertiary/aromatic N) is 4. The van der Waals surface area contributed by atoms with Gasteiger partial charge in [-0.05, 0) is 68.9 Å². The van der Waals surface area contributed by atoms with Gasteiger partial charge < -0.3 is 14.7 Å². The fourth-order valence-electron chi connectivity index (χ4n) is 5.75. The van der Waals surface area contributed by atoms with Crippen molar-refractivity contribution in [3.05, 3.63) is 42.2 Å². The molecule has 3 aliphatic rings. The molecule has 1 aromatic carbocycles. The highest BCUT2D eigenvalue weighted by molar-refractivity contribution is 5.84. The minimum atomic E-state index is -0.829. The number of carboxylic acid groups (broad SMARTS) is 1. The second-order valence-electron chi connectivity index (χ2n) is 9.58. The second-order valence-corrected chi connectivity index (χ2v) is 9.58. The van der Waals surface area contributed by atoms with Gasteiger partial charge in [0.2, 0.25) is 0 Å². The summed E-state index contributed by atoms with van der Waals surface area (Å²) in [6, 6.07) is 10.4. The Bertz CT molecular complexity index is 1180. The van der Waals surface area contributed by atoms with Crippen LogP contribution in [-0.2, 0) is 12.0 Å². The monoisotopic (exact) mass is 432 g/mol. The Morgan fingerprint density at radius 1 is 1.09 bits per heavy atom. The summed E-state index contributed by atoms with van der Waals surface area (Å²) < 4.78 is 8.31. The maximum atomic E-state index is 11.4. The number of hydrogen-bond donors (Lipinski definition) is 1. The molecule has 1 spiro atoms. The lowest BCUT2D eigenvalue weighted by molar-refractivity contribution is 0.152. The molecule has 1 aliphatic carbocycles. The molecule has 166 valence electrons. The van der Waals surface area contributed by atoms with E-state index < -0.39 is 6.09 Å². The van der Waals surface area contributed by atoms with E-state index in [0.29, 0.717) is 19.2 Å². The minimum Gasteiger partial charge on any atom is -0.490 e. The summed E-state index contributed by atoms with van der Waals surface area (Å²) in [7, 11) is 0. The van der Waals surface area contributed by atoms with Crippen molar-refractivity contribution in [3.8, 4) is 17.0 Å². The molecule has 6 rings (SSSR count). The third-order valence-corrected chi connectivity index (χ3v) is 7.55. The zero-order valence-corrected chi connectivity index (χ0v) is 18.2. The number of pyridine rings is 1. The molecular formula is C25H28N4O3. The van der Waals surface area contributed by atoms with Crippen LogP contribution in [0.15, 0.2) is 36.5 Å². The molecule has 7 heteroatoms. The number of likely N-dealkylation sites (tertiary alicyclic amines) is 1. The molecule has 7 nitrogen and oxygen atoms in total.